The van der Waals surface area contributed by atoms with Gasteiger partial charge in [0, 0.05) is 11.6 Å². The summed E-state index contributed by atoms with van der Waals surface area (Å²) in [5.74, 6) is 0.632. The molecule has 0 saturated carbocycles. The molecule has 1 aromatic heterocycles. The van der Waals surface area contributed by atoms with E-state index in [1.54, 1.807) is 0 Å². The van der Waals surface area contributed by atoms with E-state index in [9.17, 15) is 4.79 Å². The van der Waals surface area contributed by atoms with Gasteiger partial charge in [-0.3, -0.25) is 4.79 Å². The number of aryl methyl sites for hydroxylation is 2. The lowest BCUT2D eigenvalue weighted by Gasteiger charge is -2.27. The highest BCUT2D eigenvalue weighted by Crippen LogP contribution is 2.29. The second-order valence-corrected chi connectivity index (χ2v) is 5.47. The van der Waals surface area contributed by atoms with Gasteiger partial charge in [0.15, 0.2) is 0 Å². The second kappa shape index (κ2) is 4.94. The highest BCUT2D eigenvalue weighted by Gasteiger charge is 2.44. The summed E-state index contributed by atoms with van der Waals surface area (Å²) in [7, 11) is 0. The molecule has 1 aliphatic rings. The van der Waals surface area contributed by atoms with E-state index in [4.69, 9.17) is 15.0 Å². The number of carbonyl (C=O) groups excluding carboxylic acids is 1. The van der Waals surface area contributed by atoms with Crippen LogP contribution in [0.5, 0.6) is 0 Å². The molecular formula is C13H21N3O3. The van der Waals surface area contributed by atoms with Crippen molar-refractivity contribution in [2.45, 2.75) is 39.8 Å². The van der Waals surface area contributed by atoms with E-state index in [-0.39, 0.29) is 18.0 Å². The van der Waals surface area contributed by atoms with E-state index >= 15 is 0 Å². The average molecular weight is 267 g/mol. The molecule has 1 aromatic rings. The third-order valence-corrected chi connectivity index (χ3v) is 3.91. The molecule has 2 heterocycles. The molecular weight excluding hydrogens is 246 g/mol. The minimum absolute atomic E-state index is 0.0926. The van der Waals surface area contributed by atoms with Crippen molar-refractivity contribution in [2.24, 2.45) is 11.1 Å². The van der Waals surface area contributed by atoms with Gasteiger partial charge in [0.25, 0.3) is 0 Å². The number of carbonyl (C=O) groups is 1. The minimum Gasteiger partial charge on any atom is -0.379 e. The summed E-state index contributed by atoms with van der Waals surface area (Å²) in [6.45, 7) is 8.22. The van der Waals surface area contributed by atoms with Crippen LogP contribution in [0.15, 0.2) is 4.52 Å². The van der Waals surface area contributed by atoms with Gasteiger partial charge in [-0.25, -0.2) is 0 Å². The van der Waals surface area contributed by atoms with Crippen LogP contribution in [0.25, 0.3) is 0 Å². The summed E-state index contributed by atoms with van der Waals surface area (Å²) in [5.41, 5.74) is 6.99. The molecule has 0 bridgehead atoms. The largest absolute Gasteiger partial charge is 0.379 e. The summed E-state index contributed by atoms with van der Waals surface area (Å²) < 4.78 is 10.4. The van der Waals surface area contributed by atoms with Gasteiger partial charge in [0.05, 0.1) is 30.4 Å². The fourth-order valence-electron chi connectivity index (χ4n) is 2.46. The summed E-state index contributed by atoms with van der Waals surface area (Å²) >= 11 is 0. The van der Waals surface area contributed by atoms with Gasteiger partial charge in [-0.1, -0.05) is 5.16 Å². The van der Waals surface area contributed by atoms with Crippen LogP contribution in [0.2, 0.25) is 0 Å². The molecule has 3 unspecified atom stereocenters. The zero-order valence-corrected chi connectivity index (χ0v) is 11.8. The first-order chi connectivity index (χ1) is 8.86. The van der Waals surface area contributed by atoms with Crippen LogP contribution in [0, 0.1) is 19.3 Å². The monoisotopic (exact) mass is 267 g/mol. The van der Waals surface area contributed by atoms with Gasteiger partial charge >= 0.3 is 0 Å². The highest BCUT2D eigenvalue weighted by molar-refractivity contribution is 5.84. The van der Waals surface area contributed by atoms with E-state index in [2.05, 4.69) is 10.5 Å². The Bertz CT molecular complexity index is 466. The van der Waals surface area contributed by atoms with Crippen LogP contribution in [0.1, 0.15) is 36.9 Å². The van der Waals surface area contributed by atoms with Crippen molar-refractivity contribution < 1.29 is 14.1 Å². The van der Waals surface area contributed by atoms with Gasteiger partial charge in [-0.15, -0.1) is 0 Å². The van der Waals surface area contributed by atoms with E-state index in [1.165, 1.54) is 0 Å². The first-order valence-corrected chi connectivity index (χ1v) is 6.43. The minimum atomic E-state index is -0.673. The first kappa shape index (κ1) is 14.0. The number of nitrogens with zero attached hydrogens (tertiary/aromatic N) is 1. The summed E-state index contributed by atoms with van der Waals surface area (Å²) in [6, 6.07) is -0.437. The Kier molecular flexibility index (Phi) is 3.64. The molecule has 1 amide bonds. The molecule has 0 aromatic carbocycles. The maximum atomic E-state index is 12.4. The van der Waals surface area contributed by atoms with Crippen molar-refractivity contribution in [1.82, 2.24) is 10.5 Å². The topological polar surface area (TPSA) is 90.4 Å². The molecule has 0 spiro atoms. The van der Waals surface area contributed by atoms with Gasteiger partial charge < -0.3 is 20.3 Å². The summed E-state index contributed by atoms with van der Waals surface area (Å²) in [5, 5.41) is 6.88. The Morgan fingerprint density at radius 1 is 1.58 bits per heavy atom. The molecule has 1 saturated heterocycles. The molecule has 3 atom stereocenters. The Hall–Kier alpha value is -1.40. The molecule has 6 nitrogen and oxygen atoms in total. The van der Waals surface area contributed by atoms with Crippen molar-refractivity contribution in [3.05, 3.63) is 17.0 Å². The number of hydrogen-bond donors (Lipinski definition) is 2. The third kappa shape index (κ3) is 2.37. The maximum absolute atomic E-state index is 12.4. The van der Waals surface area contributed by atoms with Crippen molar-refractivity contribution >= 4 is 5.91 Å². The Labute approximate surface area is 112 Å². The standard InChI is InChI=1S/C13H21N3O3/c1-7(11-8(2)16-19-9(11)3)15-12(17)13(4)6-18-5-10(13)14/h7,10H,5-6,14H2,1-4H3,(H,15,17). The van der Waals surface area contributed by atoms with Crippen LogP contribution in [0.4, 0.5) is 0 Å². The van der Waals surface area contributed by atoms with E-state index < -0.39 is 5.41 Å². The predicted molar refractivity (Wildman–Crippen MR) is 69.4 cm³/mol. The number of rotatable bonds is 3. The van der Waals surface area contributed by atoms with E-state index in [1.807, 2.05) is 27.7 Å². The van der Waals surface area contributed by atoms with Gasteiger partial charge in [0.2, 0.25) is 5.91 Å². The Morgan fingerprint density at radius 2 is 2.26 bits per heavy atom. The number of amides is 1. The lowest BCUT2D eigenvalue weighted by atomic mass is 9.84. The lowest BCUT2D eigenvalue weighted by Crippen LogP contribution is -2.50. The quantitative estimate of drug-likeness (QED) is 0.846. The lowest BCUT2D eigenvalue weighted by molar-refractivity contribution is -0.131. The second-order valence-electron chi connectivity index (χ2n) is 5.47. The summed E-state index contributed by atoms with van der Waals surface area (Å²) in [6.07, 6.45) is 0. The van der Waals surface area contributed by atoms with E-state index in [0.717, 1.165) is 17.0 Å². The number of aromatic nitrogens is 1. The molecule has 3 N–H and O–H groups in total. The van der Waals surface area contributed by atoms with Crippen molar-refractivity contribution in [1.29, 1.82) is 0 Å². The van der Waals surface area contributed by atoms with Crippen LogP contribution >= 0.6 is 0 Å². The highest BCUT2D eigenvalue weighted by atomic mass is 16.5. The van der Waals surface area contributed by atoms with Crippen molar-refractivity contribution in [2.75, 3.05) is 13.2 Å². The van der Waals surface area contributed by atoms with Crippen LogP contribution in [-0.4, -0.2) is 30.3 Å². The first-order valence-electron chi connectivity index (χ1n) is 6.43. The SMILES string of the molecule is Cc1noc(C)c1C(C)NC(=O)C1(C)COCC1N. The predicted octanol–water partition coefficient (Wildman–Crippen LogP) is 0.832. The molecule has 2 rings (SSSR count). The smallest absolute Gasteiger partial charge is 0.230 e. The molecule has 0 radical (unpaired) electrons. The number of nitrogens with two attached hydrogens (primary N) is 1. The number of nitrogens with one attached hydrogen (secondary N) is 1. The van der Waals surface area contributed by atoms with Gasteiger partial charge in [0.1, 0.15) is 5.76 Å². The fourth-order valence-corrected chi connectivity index (χ4v) is 2.46. The average Bonchev–Trinajstić information content (AvgIpc) is 2.84. The number of hydrogen-bond acceptors (Lipinski definition) is 5. The van der Waals surface area contributed by atoms with Gasteiger partial charge in [-0.05, 0) is 27.7 Å². The summed E-state index contributed by atoms with van der Waals surface area (Å²) in [4.78, 5) is 12.4. The molecule has 1 fully saturated rings. The van der Waals surface area contributed by atoms with Crippen LogP contribution in [0.3, 0.4) is 0 Å². The van der Waals surface area contributed by atoms with Crippen LogP contribution in [-0.2, 0) is 9.53 Å². The maximum Gasteiger partial charge on any atom is 0.230 e. The van der Waals surface area contributed by atoms with Crippen molar-refractivity contribution in [3.63, 3.8) is 0 Å². The van der Waals surface area contributed by atoms with Gasteiger partial charge in [-0.2, -0.15) is 0 Å². The zero-order chi connectivity index (χ0) is 14.2. The normalized spacial score (nSPS) is 28.4. The third-order valence-electron chi connectivity index (χ3n) is 3.91. The molecule has 6 heteroatoms. The molecule has 1 aliphatic heterocycles. The van der Waals surface area contributed by atoms with E-state index in [0.29, 0.717) is 13.2 Å². The Morgan fingerprint density at radius 3 is 2.74 bits per heavy atom. The fraction of sp³-hybridized carbons (Fsp3) is 0.692. The van der Waals surface area contributed by atoms with Crippen molar-refractivity contribution in [3.8, 4) is 0 Å². The zero-order valence-electron chi connectivity index (χ0n) is 11.8. The Balaban J connectivity index is 2.11. The molecule has 0 aliphatic carbocycles. The number of ether oxygens (including phenoxy) is 1. The molecule has 106 valence electrons. The molecule has 19 heavy (non-hydrogen) atoms. The van der Waals surface area contributed by atoms with Crippen LogP contribution < -0.4 is 11.1 Å².